The van der Waals surface area contributed by atoms with Crippen LogP contribution in [0.4, 0.5) is 0 Å². The molecule has 6 nitrogen and oxygen atoms in total. The minimum absolute atomic E-state index is 0.0431. The monoisotopic (exact) mass is 406 g/mol. The highest BCUT2D eigenvalue weighted by atomic mass is 16.5. The van der Waals surface area contributed by atoms with Gasteiger partial charge in [-0.1, -0.05) is 17.7 Å². The molecule has 0 heterocycles. The van der Waals surface area contributed by atoms with E-state index >= 15 is 0 Å². The van der Waals surface area contributed by atoms with E-state index in [1.165, 1.54) is 0 Å². The highest BCUT2D eigenvalue weighted by Crippen LogP contribution is 2.39. The number of aliphatic hydroxyl groups excluding tert-OH is 1. The number of hydrogen-bond acceptors (Lipinski definition) is 6. The zero-order valence-corrected chi connectivity index (χ0v) is 18.3. The first kappa shape index (κ1) is 24.6. The quantitative estimate of drug-likeness (QED) is 0.402. The molecule has 0 fully saturated rings. The molecule has 0 saturated carbocycles. The van der Waals surface area contributed by atoms with Crippen molar-refractivity contribution >= 4 is 6.08 Å². The highest BCUT2D eigenvalue weighted by molar-refractivity contribution is 5.62. The van der Waals surface area contributed by atoms with Crippen LogP contribution in [-0.4, -0.2) is 49.9 Å². The summed E-state index contributed by atoms with van der Waals surface area (Å²) in [4.78, 5) is 0. The Kier molecular flexibility index (Phi) is 10.3. The standard InChI is InChI=1S/C23H34O6/c1-7-28-19(16-23(3,4)25)13-17(2)10-12-29-22-20(26-5)14-18(9-8-11-24)15-21(22)27-6/h8-10,14-16,24-25H,7,11-13H2,1-6H3/b9-8+,17-10+,19-16-. The second kappa shape index (κ2) is 12.2. The van der Waals surface area contributed by atoms with Crippen LogP contribution in [0, 0.1) is 0 Å². The maximum Gasteiger partial charge on any atom is 0.203 e. The van der Waals surface area contributed by atoms with Gasteiger partial charge in [-0.05, 0) is 57.5 Å². The van der Waals surface area contributed by atoms with Gasteiger partial charge in [-0.2, -0.15) is 0 Å². The maximum absolute atomic E-state index is 10.00. The number of aliphatic hydroxyl groups is 2. The third-order valence-electron chi connectivity index (χ3n) is 3.86. The zero-order chi connectivity index (χ0) is 21.9. The molecule has 0 amide bonds. The van der Waals surface area contributed by atoms with Crippen LogP contribution in [0.2, 0.25) is 0 Å². The summed E-state index contributed by atoms with van der Waals surface area (Å²) < 4.78 is 22.4. The van der Waals surface area contributed by atoms with Crippen LogP contribution in [0.1, 0.15) is 39.7 Å². The van der Waals surface area contributed by atoms with Crippen molar-refractivity contribution in [2.45, 2.75) is 39.7 Å². The minimum Gasteiger partial charge on any atom is -0.498 e. The van der Waals surface area contributed by atoms with E-state index in [1.807, 2.05) is 32.1 Å². The fourth-order valence-electron chi connectivity index (χ4n) is 2.66. The lowest BCUT2D eigenvalue weighted by Gasteiger charge is -2.17. The Labute approximate surface area is 174 Å². The fourth-order valence-corrected chi connectivity index (χ4v) is 2.66. The molecule has 6 heteroatoms. The van der Waals surface area contributed by atoms with Crippen LogP contribution >= 0.6 is 0 Å². The molecule has 0 unspecified atom stereocenters. The average Bonchev–Trinajstić information content (AvgIpc) is 2.65. The van der Waals surface area contributed by atoms with Crippen LogP contribution in [0.5, 0.6) is 17.2 Å². The van der Waals surface area contributed by atoms with E-state index in [9.17, 15) is 5.11 Å². The van der Waals surface area contributed by atoms with Gasteiger partial charge >= 0.3 is 0 Å². The van der Waals surface area contributed by atoms with Crippen molar-refractivity contribution in [3.8, 4) is 17.2 Å². The number of rotatable bonds is 12. The molecular formula is C23H34O6. The van der Waals surface area contributed by atoms with Crippen LogP contribution in [0.3, 0.4) is 0 Å². The summed E-state index contributed by atoms with van der Waals surface area (Å²) in [7, 11) is 3.14. The van der Waals surface area contributed by atoms with Crippen molar-refractivity contribution in [1.82, 2.24) is 0 Å². The molecule has 0 aliphatic carbocycles. The third kappa shape index (κ3) is 9.07. The SMILES string of the molecule is CCO/C(=C\C(C)(C)O)C/C(C)=C/COc1c(OC)cc(/C=C/CO)cc1OC. The molecule has 1 aromatic rings. The summed E-state index contributed by atoms with van der Waals surface area (Å²) in [5.74, 6) is 2.33. The molecule has 0 aliphatic rings. The Balaban J connectivity index is 2.93. The molecule has 0 atom stereocenters. The van der Waals surface area contributed by atoms with Gasteiger partial charge in [0.1, 0.15) is 6.61 Å². The van der Waals surface area contributed by atoms with E-state index in [0.717, 1.165) is 16.9 Å². The largest absolute Gasteiger partial charge is 0.498 e. The van der Waals surface area contributed by atoms with E-state index in [1.54, 1.807) is 46.3 Å². The van der Waals surface area contributed by atoms with E-state index in [2.05, 4.69) is 0 Å². The fraction of sp³-hybridized carbons (Fsp3) is 0.478. The first-order valence-corrected chi connectivity index (χ1v) is 9.62. The number of methoxy groups -OCH3 is 2. The molecule has 1 rings (SSSR count). The van der Waals surface area contributed by atoms with Gasteiger partial charge < -0.3 is 29.2 Å². The van der Waals surface area contributed by atoms with Gasteiger partial charge in [-0.15, -0.1) is 0 Å². The first-order chi connectivity index (χ1) is 13.7. The van der Waals surface area contributed by atoms with Gasteiger partial charge in [-0.25, -0.2) is 0 Å². The molecule has 0 spiro atoms. The lowest BCUT2D eigenvalue weighted by molar-refractivity contribution is 0.122. The molecule has 29 heavy (non-hydrogen) atoms. The molecule has 1 aromatic carbocycles. The Morgan fingerprint density at radius 1 is 1.14 bits per heavy atom. The molecular weight excluding hydrogens is 372 g/mol. The first-order valence-electron chi connectivity index (χ1n) is 9.62. The van der Waals surface area contributed by atoms with E-state index in [-0.39, 0.29) is 6.61 Å². The van der Waals surface area contributed by atoms with E-state index < -0.39 is 5.60 Å². The number of hydrogen-bond donors (Lipinski definition) is 2. The molecule has 0 bridgehead atoms. The van der Waals surface area contributed by atoms with Crippen molar-refractivity contribution < 1.29 is 29.2 Å². The van der Waals surface area contributed by atoms with Crippen LogP contribution in [0.15, 0.2) is 41.7 Å². The molecule has 0 radical (unpaired) electrons. The smallest absolute Gasteiger partial charge is 0.203 e. The summed E-state index contributed by atoms with van der Waals surface area (Å²) in [5.41, 5.74) is 0.952. The van der Waals surface area contributed by atoms with Gasteiger partial charge in [0.25, 0.3) is 0 Å². The van der Waals surface area contributed by atoms with Crippen molar-refractivity contribution in [2.75, 3.05) is 34.0 Å². The zero-order valence-electron chi connectivity index (χ0n) is 18.3. The Bertz CT molecular complexity index is 700. The van der Waals surface area contributed by atoms with Gasteiger partial charge in [0, 0.05) is 6.42 Å². The topological polar surface area (TPSA) is 77.4 Å². The lowest BCUT2D eigenvalue weighted by Crippen LogP contribution is -2.16. The Morgan fingerprint density at radius 2 is 1.76 bits per heavy atom. The molecule has 0 aromatic heterocycles. The van der Waals surface area contributed by atoms with Gasteiger partial charge in [0.15, 0.2) is 11.5 Å². The summed E-state index contributed by atoms with van der Waals surface area (Å²) in [5, 5.41) is 19.0. The molecule has 0 aliphatic heterocycles. The number of ether oxygens (including phenoxy) is 4. The van der Waals surface area contributed by atoms with Crippen molar-refractivity contribution in [2.24, 2.45) is 0 Å². The highest BCUT2D eigenvalue weighted by Gasteiger charge is 2.14. The Hall–Kier alpha value is -2.44. The second-order valence-corrected chi connectivity index (χ2v) is 7.08. The van der Waals surface area contributed by atoms with Crippen molar-refractivity contribution in [1.29, 1.82) is 0 Å². The van der Waals surface area contributed by atoms with Crippen LogP contribution in [0.25, 0.3) is 6.08 Å². The summed E-state index contributed by atoms with van der Waals surface area (Å²) in [6, 6.07) is 3.64. The number of allylic oxidation sites excluding steroid dienone is 1. The molecule has 162 valence electrons. The van der Waals surface area contributed by atoms with Gasteiger partial charge in [0.05, 0.1) is 38.8 Å². The maximum atomic E-state index is 10.00. The second-order valence-electron chi connectivity index (χ2n) is 7.08. The van der Waals surface area contributed by atoms with E-state index in [0.29, 0.717) is 36.9 Å². The van der Waals surface area contributed by atoms with Crippen molar-refractivity contribution in [3.63, 3.8) is 0 Å². The minimum atomic E-state index is -0.936. The summed E-state index contributed by atoms with van der Waals surface area (Å²) in [6.07, 6.45) is 7.68. The van der Waals surface area contributed by atoms with Gasteiger partial charge in [-0.3, -0.25) is 0 Å². The molecule has 2 N–H and O–H groups in total. The lowest BCUT2D eigenvalue weighted by atomic mass is 10.1. The van der Waals surface area contributed by atoms with Crippen LogP contribution < -0.4 is 14.2 Å². The third-order valence-corrected chi connectivity index (χ3v) is 3.86. The van der Waals surface area contributed by atoms with Crippen molar-refractivity contribution in [3.05, 3.63) is 47.3 Å². The predicted octanol–water partition coefficient (Wildman–Crippen LogP) is 4.12. The predicted molar refractivity (Wildman–Crippen MR) is 116 cm³/mol. The summed E-state index contributed by atoms with van der Waals surface area (Å²) in [6.45, 7) is 8.15. The molecule has 0 saturated heterocycles. The number of benzene rings is 1. The van der Waals surface area contributed by atoms with Crippen LogP contribution in [-0.2, 0) is 4.74 Å². The van der Waals surface area contributed by atoms with E-state index in [4.69, 9.17) is 24.1 Å². The average molecular weight is 407 g/mol. The van der Waals surface area contributed by atoms with Gasteiger partial charge in [0.2, 0.25) is 5.75 Å². The Morgan fingerprint density at radius 3 is 2.24 bits per heavy atom. The summed E-state index contributed by atoms with van der Waals surface area (Å²) >= 11 is 0. The normalized spacial score (nSPS) is 13.0.